The Kier molecular flexibility index (Phi) is 4.55. The van der Waals surface area contributed by atoms with E-state index in [-0.39, 0.29) is 5.75 Å². The lowest BCUT2D eigenvalue weighted by molar-refractivity contribution is 0.464. The Morgan fingerprint density at radius 3 is 2.53 bits per heavy atom. The number of rotatable bonds is 3. The minimum Gasteiger partial charge on any atom is -0.506 e. The molecule has 2 N–H and O–H groups in total. The van der Waals surface area contributed by atoms with Gasteiger partial charge in [-0.25, -0.2) is 0 Å². The summed E-state index contributed by atoms with van der Waals surface area (Å²) in [6.07, 6.45) is 0. The van der Waals surface area contributed by atoms with E-state index >= 15 is 0 Å². The Labute approximate surface area is 129 Å². The fourth-order valence-corrected chi connectivity index (χ4v) is 2.96. The highest BCUT2D eigenvalue weighted by atomic mass is 79.9. The van der Waals surface area contributed by atoms with Gasteiger partial charge in [-0.05, 0) is 31.2 Å². The third-order valence-electron chi connectivity index (χ3n) is 2.53. The molecule has 3 nitrogen and oxygen atoms in total. The van der Waals surface area contributed by atoms with E-state index in [0.717, 1.165) is 10.2 Å². The van der Waals surface area contributed by atoms with E-state index in [2.05, 4.69) is 26.2 Å². The van der Waals surface area contributed by atoms with Crippen LogP contribution in [0.1, 0.15) is 11.4 Å². The normalized spacial score (nSPS) is 10.5. The molecule has 0 amide bonds. The van der Waals surface area contributed by atoms with Crippen LogP contribution >= 0.6 is 39.1 Å². The van der Waals surface area contributed by atoms with Crippen molar-refractivity contribution in [3.63, 3.8) is 0 Å². The van der Waals surface area contributed by atoms with Crippen molar-refractivity contribution >= 4 is 44.8 Å². The first-order valence-electron chi connectivity index (χ1n) is 5.51. The van der Waals surface area contributed by atoms with Crippen LogP contribution in [0.3, 0.4) is 0 Å². The number of aryl methyl sites for hydroxylation is 1. The summed E-state index contributed by atoms with van der Waals surface area (Å²) in [5.74, 6) is 0.141. The number of benzene rings is 1. The maximum Gasteiger partial charge on any atom is 0.138 e. The van der Waals surface area contributed by atoms with Crippen LogP contribution in [0, 0.1) is 6.92 Å². The predicted octanol–water partition coefficient (Wildman–Crippen LogP) is 4.78. The van der Waals surface area contributed by atoms with Gasteiger partial charge < -0.3 is 10.4 Å². The number of aromatic hydroxyl groups is 1. The van der Waals surface area contributed by atoms with E-state index in [0.29, 0.717) is 28.0 Å². The zero-order valence-corrected chi connectivity index (χ0v) is 13.1. The molecule has 0 aliphatic rings. The van der Waals surface area contributed by atoms with Gasteiger partial charge in [0.15, 0.2) is 0 Å². The van der Waals surface area contributed by atoms with Gasteiger partial charge in [0.1, 0.15) is 11.4 Å². The maximum absolute atomic E-state index is 9.72. The average molecular weight is 362 g/mol. The van der Waals surface area contributed by atoms with E-state index in [1.54, 1.807) is 24.3 Å². The maximum atomic E-state index is 9.72. The fourth-order valence-electron chi connectivity index (χ4n) is 1.62. The zero-order valence-electron chi connectivity index (χ0n) is 10.0. The molecule has 2 aromatic rings. The highest BCUT2D eigenvalue weighted by molar-refractivity contribution is 9.10. The van der Waals surface area contributed by atoms with Crippen LogP contribution in [0.4, 0.5) is 5.69 Å². The molecule has 19 heavy (non-hydrogen) atoms. The van der Waals surface area contributed by atoms with Crippen LogP contribution in [-0.2, 0) is 6.54 Å². The summed E-state index contributed by atoms with van der Waals surface area (Å²) in [4.78, 5) is 4.26. The largest absolute Gasteiger partial charge is 0.506 e. The summed E-state index contributed by atoms with van der Waals surface area (Å²) in [5, 5.41) is 13.8. The summed E-state index contributed by atoms with van der Waals surface area (Å²) in [7, 11) is 0. The third-order valence-corrected chi connectivity index (χ3v) is 3.58. The molecule has 1 heterocycles. The van der Waals surface area contributed by atoms with Crippen LogP contribution in [-0.4, -0.2) is 10.1 Å². The highest BCUT2D eigenvalue weighted by Crippen LogP contribution is 2.34. The van der Waals surface area contributed by atoms with Crippen molar-refractivity contribution in [2.45, 2.75) is 13.5 Å². The third kappa shape index (κ3) is 3.53. The molecule has 0 radical (unpaired) electrons. The van der Waals surface area contributed by atoms with Gasteiger partial charge in [0.25, 0.3) is 0 Å². The minimum absolute atomic E-state index is 0.141. The molecule has 0 saturated carbocycles. The molecule has 0 atom stereocenters. The molecule has 1 aromatic heterocycles. The first-order chi connectivity index (χ1) is 8.97. The molecular weight excluding hydrogens is 351 g/mol. The molecule has 0 saturated heterocycles. The van der Waals surface area contributed by atoms with Crippen molar-refractivity contribution in [1.82, 2.24) is 4.98 Å². The monoisotopic (exact) mass is 360 g/mol. The second kappa shape index (κ2) is 5.99. The number of aromatic nitrogens is 1. The number of hydrogen-bond acceptors (Lipinski definition) is 3. The molecular formula is C13H11BrCl2N2O. The Bertz CT molecular complexity index is 597. The summed E-state index contributed by atoms with van der Waals surface area (Å²) in [6.45, 7) is 2.21. The molecule has 0 bridgehead atoms. The van der Waals surface area contributed by atoms with Gasteiger partial charge >= 0.3 is 0 Å². The molecule has 0 spiro atoms. The number of anilines is 1. The minimum atomic E-state index is 0.141. The van der Waals surface area contributed by atoms with Crippen LogP contribution in [0.15, 0.2) is 28.7 Å². The van der Waals surface area contributed by atoms with E-state index in [4.69, 9.17) is 23.2 Å². The van der Waals surface area contributed by atoms with Crippen molar-refractivity contribution in [2.75, 3.05) is 5.32 Å². The van der Waals surface area contributed by atoms with Gasteiger partial charge in [0.05, 0.1) is 22.3 Å². The lowest BCUT2D eigenvalue weighted by atomic mass is 10.2. The number of nitrogens with zero attached hydrogens (tertiary/aromatic N) is 1. The van der Waals surface area contributed by atoms with Crippen molar-refractivity contribution in [3.8, 4) is 5.75 Å². The Morgan fingerprint density at radius 2 is 1.89 bits per heavy atom. The van der Waals surface area contributed by atoms with E-state index < -0.39 is 0 Å². The molecule has 0 unspecified atom stereocenters. The predicted molar refractivity (Wildman–Crippen MR) is 82.1 cm³/mol. The van der Waals surface area contributed by atoms with E-state index in [9.17, 15) is 5.11 Å². The van der Waals surface area contributed by atoms with E-state index in [1.165, 1.54) is 0 Å². The van der Waals surface area contributed by atoms with Gasteiger partial charge in [-0.15, -0.1) is 0 Å². The molecule has 2 rings (SSSR count). The van der Waals surface area contributed by atoms with Crippen LogP contribution in [0.2, 0.25) is 10.0 Å². The quantitative estimate of drug-likeness (QED) is 0.827. The summed E-state index contributed by atoms with van der Waals surface area (Å²) >= 11 is 15.5. The van der Waals surface area contributed by atoms with Crippen molar-refractivity contribution < 1.29 is 5.11 Å². The first-order valence-corrected chi connectivity index (χ1v) is 7.06. The topological polar surface area (TPSA) is 45.1 Å². The first kappa shape index (κ1) is 14.4. The average Bonchev–Trinajstić information content (AvgIpc) is 2.32. The molecule has 0 aliphatic carbocycles. The molecule has 0 aliphatic heterocycles. The van der Waals surface area contributed by atoms with Gasteiger partial charge in [0, 0.05) is 10.2 Å². The molecule has 100 valence electrons. The fraction of sp³-hybridized carbons (Fsp3) is 0.154. The Balaban J connectivity index is 2.21. The van der Waals surface area contributed by atoms with Gasteiger partial charge in [-0.3, -0.25) is 4.98 Å². The Hall–Kier alpha value is -0.970. The van der Waals surface area contributed by atoms with Crippen molar-refractivity contribution in [3.05, 3.63) is 50.2 Å². The van der Waals surface area contributed by atoms with Crippen molar-refractivity contribution in [2.24, 2.45) is 0 Å². The lowest BCUT2D eigenvalue weighted by Crippen LogP contribution is -2.04. The van der Waals surface area contributed by atoms with Crippen LogP contribution in [0.25, 0.3) is 0 Å². The van der Waals surface area contributed by atoms with Crippen LogP contribution < -0.4 is 5.32 Å². The molecule has 6 heteroatoms. The second-order valence-electron chi connectivity index (χ2n) is 4.02. The van der Waals surface area contributed by atoms with Crippen LogP contribution in [0.5, 0.6) is 5.75 Å². The van der Waals surface area contributed by atoms with Crippen molar-refractivity contribution in [1.29, 1.82) is 0 Å². The summed E-state index contributed by atoms with van der Waals surface area (Å²) in [5.41, 5.74) is 2.01. The highest BCUT2D eigenvalue weighted by Gasteiger charge is 2.09. The number of nitrogens with one attached hydrogen (secondary N) is 1. The summed E-state index contributed by atoms with van der Waals surface area (Å²) < 4.78 is 0.810. The zero-order chi connectivity index (χ0) is 14.0. The SMILES string of the molecule is Cc1ccc(O)c(CNc2c(Cl)cc(Br)cc2Cl)n1. The van der Waals surface area contributed by atoms with Gasteiger partial charge in [-0.1, -0.05) is 39.1 Å². The number of halogens is 3. The standard InChI is InChI=1S/C13H11BrCl2N2O/c1-7-2-3-12(19)11(18-7)6-17-13-9(15)4-8(14)5-10(13)16/h2-5,17,19H,6H2,1H3. The van der Waals surface area contributed by atoms with Gasteiger partial charge in [-0.2, -0.15) is 0 Å². The van der Waals surface area contributed by atoms with Gasteiger partial charge in [0.2, 0.25) is 0 Å². The lowest BCUT2D eigenvalue weighted by Gasteiger charge is -2.11. The second-order valence-corrected chi connectivity index (χ2v) is 5.75. The smallest absolute Gasteiger partial charge is 0.138 e. The molecule has 1 aromatic carbocycles. The Morgan fingerprint density at radius 1 is 1.26 bits per heavy atom. The number of pyridine rings is 1. The van der Waals surface area contributed by atoms with E-state index in [1.807, 2.05) is 6.92 Å². The number of hydrogen-bond donors (Lipinski definition) is 2. The molecule has 0 fully saturated rings. The summed E-state index contributed by atoms with van der Waals surface area (Å²) in [6, 6.07) is 6.86.